The van der Waals surface area contributed by atoms with E-state index in [9.17, 15) is 0 Å². The average Bonchev–Trinajstić information content (AvgIpc) is 3.92. The number of benzene rings is 10. The van der Waals surface area contributed by atoms with Crippen LogP contribution in [-0.2, 0) is 0 Å². The molecule has 0 amide bonds. The van der Waals surface area contributed by atoms with E-state index in [0.717, 1.165) is 82.9 Å². The quantitative estimate of drug-likeness (QED) is 0.168. The molecule has 0 bridgehead atoms. The van der Waals surface area contributed by atoms with Crippen LogP contribution in [0.2, 0.25) is 0 Å². The third kappa shape index (κ3) is 5.90. The van der Waals surface area contributed by atoms with Gasteiger partial charge in [-0.2, -0.15) is 0 Å². The van der Waals surface area contributed by atoms with Crippen molar-refractivity contribution in [3.63, 3.8) is 0 Å². The van der Waals surface area contributed by atoms with E-state index >= 15 is 0 Å². The Labute approximate surface area is 368 Å². The molecular formula is C59H36N4O. The van der Waals surface area contributed by atoms with Gasteiger partial charge in [-0.25, -0.2) is 15.0 Å². The van der Waals surface area contributed by atoms with Crippen molar-refractivity contribution < 1.29 is 4.42 Å². The van der Waals surface area contributed by atoms with Gasteiger partial charge in [-0.1, -0.05) is 170 Å². The zero-order chi connectivity index (χ0) is 42.1. The van der Waals surface area contributed by atoms with Crippen LogP contribution in [0.25, 0.3) is 127 Å². The van der Waals surface area contributed by atoms with E-state index in [1.54, 1.807) is 0 Å². The second kappa shape index (κ2) is 14.5. The Bertz CT molecular complexity index is 3940. The van der Waals surface area contributed by atoms with Gasteiger partial charge >= 0.3 is 0 Å². The molecule has 0 fully saturated rings. The molecule has 0 aliphatic carbocycles. The molecule has 0 saturated carbocycles. The first-order chi connectivity index (χ1) is 31.7. The summed E-state index contributed by atoms with van der Waals surface area (Å²) in [6, 6.07) is 76.9. The number of rotatable bonds is 6. The highest BCUT2D eigenvalue weighted by molar-refractivity contribution is 6.23. The third-order valence-corrected chi connectivity index (χ3v) is 12.6. The van der Waals surface area contributed by atoms with Crippen LogP contribution in [-0.4, -0.2) is 19.5 Å². The monoisotopic (exact) mass is 816 g/mol. The molecule has 13 rings (SSSR count). The zero-order valence-electron chi connectivity index (χ0n) is 34.5. The van der Waals surface area contributed by atoms with Crippen LogP contribution >= 0.6 is 0 Å². The fourth-order valence-electron chi connectivity index (χ4n) is 9.51. The lowest BCUT2D eigenvalue weighted by molar-refractivity contribution is 0.670. The van der Waals surface area contributed by atoms with E-state index in [4.69, 9.17) is 19.4 Å². The minimum atomic E-state index is 0.543. The lowest BCUT2D eigenvalue weighted by Crippen LogP contribution is -2.01. The van der Waals surface area contributed by atoms with E-state index in [2.05, 4.69) is 199 Å². The molecule has 5 nitrogen and oxygen atoms in total. The molecule has 0 radical (unpaired) electrons. The number of hydrogen-bond acceptors (Lipinski definition) is 4. The second-order valence-corrected chi connectivity index (χ2v) is 16.4. The van der Waals surface area contributed by atoms with Crippen LogP contribution in [0.5, 0.6) is 0 Å². The van der Waals surface area contributed by atoms with Crippen molar-refractivity contribution in [2.75, 3.05) is 0 Å². The van der Waals surface area contributed by atoms with Crippen molar-refractivity contribution in [1.82, 2.24) is 19.5 Å². The Morgan fingerprint density at radius 3 is 1.72 bits per heavy atom. The lowest BCUT2D eigenvalue weighted by Gasteiger charge is -2.13. The standard InChI is InChI=1S/C59H36N4O/c1-3-14-37(15-4-1)39-26-28-40(29-27-39)57-60-58(45-21-13-20-41(32-45)38-16-5-2-6-17-38)62-59(61-57)51-34-44-30-31-46(36-49(44)55-48-23-10-12-25-54(48)64-56(51)55)63-52-24-11-9-22-47(52)50-33-42-18-7-8-19-43(42)35-53(50)63/h1-36H. The molecule has 0 aliphatic rings. The predicted molar refractivity (Wildman–Crippen MR) is 264 cm³/mol. The van der Waals surface area contributed by atoms with Gasteiger partial charge in [0.1, 0.15) is 11.2 Å². The first-order valence-electron chi connectivity index (χ1n) is 21.6. The zero-order valence-corrected chi connectivity index (χ0v) is 34.5. The number of hydrogen-bond donors (Lipinski definition) is 0. The Morgan fingerprint density at radius 2 is 0.922 bits per heavy atom. The van der Waals surface area contributed by atoms with Gasteiger partial charge in [0.25, 0.3) is 0 Å². The number of nitrogens with zero attached hydrogens (tertiary/aromatic N) is 4. The molecule has 0 saturated heterocycles. The smallest absolute Gasteiger partial charge is 0.167 e. The van der Waals surface area contributed by atoms with E-state index in [-0.39, 0.29) is 0 Å². The van der Waals surface area contributed by atoms with Crippen molar-refractivity contribution >= 4 is 65.3 Å². The number of fused-ring (bicyclic) bond motifs is 9. The minimum absolute atomic E-state index is 0.543. The largest absolute Gasteiger partial charge is 0.455 e. The summed E-state index contributed by atoms with van der Waals surface area (Å²) in [7, 11) is 0. The van der Waals surface area contributed by atoms with E-state index in [1.807, 2.05) is 24.3 Å². The molecular weight excluding hydrogens is 781 g/mol. The van der Waals surface area contributed by atoms with Crippen molar-refractivity contribution in [2.45, 2.75) is 0 Å². The maximum absolute atomic E-state index is 6.89. The molecule has 298 valence electrons. The van der Waals surface area contributed by atoms with Gasteiger partial charge in [0, 0.05) is 38.4 Å². The molecule has 3 heterocycles. The number of aromatic nitrogens is 4. The summed E-state index contributed by atoms with van der Waals surface area (Å²) >= 11 is 0. The molecule has 10 aromatic carbocycles. The van der Waals surface area contributed by atoms with Crippen LogP contribution in [0, 0.1) is 0 Å². The third-order valence-electron chi connectivity index (χ3n) is 12.6. The van der Waals surface area contributed by atoms with Gasteiger partial charge in [0.2, 0.25) is 0 Å². The Hall–Kier alpha value is -8.67. The Balaban J connectivity index is 1.04. The summed E-state index contributed by atoms with van der Waals surface area (Å²) in [5.41, 5.74) is 12.1. The second-order valence-electron chi connectivity index (χ2n) is 16.4. The number of furan rings is 1. The molecule has 0 aliphatic heterocycles. The molecule has 0 atom stereocenters. The topological polar surface area (TPSA) is 56.7 Å². The maximum atomic E-state index is 6.89. The highest BCUT2D eigenvalue weighted by Gasteiger charge is 2.22. The van der Waals surface area contributed by atoms with E-state index in [0.29, 0.717) is 17.5 Å². The van der Waals surface area contributed by atoms with Crippen molar-refractivity contribution in [3.05, 3.63) is 218 Å². The maximum Gasteiger partial charge on any atom is 0.167 e. The summed E-state index contributed by atoms with van der Waals surface area (Å²) in [5, 5.41) is 9.11. The summed E-state index contributed by atoms with van der Waals surface area (Å²) in [5.74, 6) is 1.72. The number of para-hydroxylation sites is 2. The Morgan fingerprint density at radius 1 is 0.328 bits per heavy atom. The van der Waals surface area contributed by atoms with Gasteiger partial charge in [-0.3, -0.25) is 0 Å². The van der Waals surface area contributed by atoms with Gasteiger partial charge in [-0.05, 0) is 92.3 Å². The van der Waals surface area contributed by atoms with Crippen LogP contribution in [0.3, 0.4) is 0 Å². The summed E-state index contributed by atoms with van der Waals surface area (Å²) in [6.45, 7) is 0. The molecule has 0 spiro atoms. The molecule has 0 N–H and O–H groups in total. The van der Waals surface area contributed by atoms with Gasteiger partial charge < -0.3 is 8.98 Å². The summed E-state index contributed by atoms with van der Waals surface area (Å²) in [4.78, 5) is 15.7. The van der Waals surface area contributed by atoms with Crippen LogP contribution in [0.15, 0.2) is 223 Å². The summed E-state index contributed by atoms with van der Waals surface area (Å²) in [6.07, 6.45) is 0. The lowest BCUT2D eigenvalue weighted by atomic mass is 9.99. The fourth-order valence-corrected chi connectivity index (χ4v) is 9.51. The van der Waals surface area contributed by atoms with Gasteiger partial charge in [-0.15, -0.1) is 0 Å². The van der Waals surface area contributed by atoms with E-state index in [1.165, 1.54) is 27.1 Å². The SMILES string of the molecule is c1ccc(-c2ccc(-c3nc(-c4cccc(-c5ccccc5)c4)nc(-c4cc5ccc(-n6c7ccccc7c7cc8ccccc8cc76)cc5c5c4oc4ccccc45)n3)cc2)cc1. The molecule has 13 aromatic rings. The highest BCUT2D eigenvalue weighted by Crippen LogP contribution is 2.43. The van der Waals surface area contributed by atoms with Crippen molar-refractivity contribution in [2.24, 2.45) is 0 Å². The van der Waals surface area contributed by atoms with Crippen LogP contribution < -0.4 is 0 Å². The minimum Gasteiger partial charge on any atom is -0.455 e. The van der Waals surface area contributed by atoms with Crippen molar-refractivity contribution in [1.29, 1.82) is 0 Å². The summed E-state index contributed by atoms with van der Waals surface area (Å²) < 4.78 is 9.29. The van der Waals surface area contributed by atoms with E-state index < -0.39 is 0 Å². The molecule has 3 aromatic heterocycles. The molecule has 0 unspecified atom stereocenters. The first kappa shape index (κ1) is 36.0. The van der Waals surface area contributed by atoms with Gasteiger partial charge in [0.05, 0.1) is 16.6 Å². The highest BCUT2D eigenvalue weighted by atomic mass is 16.3. The predicted octanol–water partition coefficient (Wildman–Crippen LogP) is 15.5. The van der Waals surface area contributed by atoms with Crippen LogP contribution in [0.4, 0.5) is 0 Å². The molecule has 5 heteroatoms. The first-order valence-corrected chi connectivity index (χ1v) is 21.6. The fraction of sp³-hybridized carbons (Fsp3) is 0. The average molecular weight is 817 g/mol. The molecule has 64 heavy (non-hydrogen) atoms. The van der Waals surface area contributed by atoms with Crippen molar-refractivity contribution in [3.8, 4) is 62.1 Å². The van der Waals surface area contributed by atoms with Crippen LogP contribution in [0.1, 0.15) is 0 Å². The van der Waals surface area contributed by atoms with Gasteiger partial charge in [0.15, 0.2) is 17.5 Å². The Kier molecular flexibility index (Phi) is 8.15. The normalized spacial score (nSPS) is 11.8.